The Balaban J connectivity index is 1.03. The van der Waals surface area contributed by atoms with Gasteiger partial charge in [-0.05, 0) is 71.0 Å². The van der Waals surface area contributed by atoms with Gasteiger partial charge in [-0.1, -0.05) is 81.4 Å². The number of aliphatic carboxylic acids is 1. The summed E-state index contributed by atoms with van der Waals surface area (Å²) in [6.45, 7) is 6.59. The minimum absolute atomic E-state index is 0.0354. The number of ketones is 1. The summed E-state index contributed by atoms with van der Waals surface area (Å²) in [6.07, 6.45) is 6.09. The maximum atomic E-state index is 15.3. The molecule has 7 rings (SSSR count). The van der Waals surface area contributed by atoms with Crippen molar-refractivity contribution in [1.82, 2.24) is 14.9 Å². The number of aromatic nitrogens is 2. The van der Waals surface area contributed by atoms with Crippen LogP contribution in [0.3, 0.4) is 0 Å². The zero-order valence-electron chi connectivity index (χ0n) is 28.9. The molecular formula is C42H40FN3O4S. The number of nitrogens with zero attached hydrogens (tertiary/aromatic N) is 3. The van der Waals surface area contributed by atoms with Gasteiger partial charge in [0.05, 0.1) is 10.8 Å². The van der Waals surface area contributed by atoms with Gasteiger partial charge in [-0.2, -0.15) is 0 Å². The molecule has 0 unspecified atom stereocenters. The molecule has 5 aromatic rings. The van der Waals surface area contributed by atoms with Crippen LogP contribution < -0.4 is 0 Å². The van der Waals surface area contributed by atoms with Crippen molar-refractivity contribution < 1.29 is 23.9 Å². The first-order valence-electron chi connectivity index (χ1n) is 17.4. The average molecular weight is 702 g/mol. The Hall–Kier alpha value is -5.02. The second-order valence-electron chi connectivity index (χ2n) is 14.8. The fraction of sp³-hybridized carbons (Fsp3) is 0.310. The van der Waals surface area contributed by atoms with Crippen molar-refractivity contribution in [2.45, 2.75) is 57.8 Å². The first kappa shape index (κ1) is 34.4. The molecule has 3 aromatic carbocycles. The smallest absolute Gasteiger partial charge is 0.310 e. The Morgan fingerprint density at radius 1 is 0.863 bits per heavy atom. The third-order valence-corrected chi connectivity index (χ3v) is 11.4. The van der Waals surface area contributed by atoms with Gasteiger partial charge in [-0.15, -0.1) is 11.3 Å². The number of benzene rings is 3. The van der Waals surface area contributed by atoms with Crippen LogP contribution in [-0.2, 0) is 21.4 Å². The number of rotatable bonds is 11. The summed E-state index contributed by atoms with van der Waals surface area (Å²) in [6, 6.07) is 24.9. The summed E-state index contributed by atoms with van der Waals surface area (Å²) in [7, 11) is 0. The van der Waals surface area contributed by atoms with E-state index < -0.39 is 17.8 Å². The summed E-state index contributed by atoms with van der Waals surface area (Å²) in [5.41, 5.74) is 5.68. The zero-order valence-corrected chi connectivity index (χ0v) is 29.8. The maximum Gasteiger partial charge on any atom is 0.310 e. The predicted octanol–water partition coefficient (Wildman–Crippen LogP) is 8.83. The lowest BCUT2D eigenvalue weighted by molar-refractivity contribution is -0.154. The van der Waals surface area contributed by atoms with E-state index in [4.69, 9.17) is 0 Å². The van der Waals surface area contributed by atoms with E-state index in [1.807, 2.05) is 42.5 Å². The number of thiophene rings is 1. The van der Waals surface area contributed by atoms with Gasteiger partial charge in [0.1, 0.15) is 5.82 Å². The molecule has 51 heavy (non-hydrogen) atoms. The molecule has 1 N–H and O–H groups in total. The topological polar surface area (TPSA) is 100 Å². The molecule has 1 aliphatic carbocycles. The number of hydrogen-bond acceptors (Lipinski definition) is 6. The van der Waals surface area contributed by atoms with Crippen molar-refractivity contribution in [2.75, 3.05) is 13.1 Å². The Morgan fingerprint density at radius 2 is 1.51 bits per heavy atom. The first-order chi connectivity index (χ1) is 24.4. The second-order valence-corrected chi connectivity index (χ2v) is 15.9. The molecule has 1 atom stereocenters. The van der Waals surface area contributed by atoms with Crippen LogP contribution in [0.15, 0.2) is 91.3 Å². The van der Waals surface area contributed by atoms with Crippen LogP contribution in [0.2, 0.25) is 0 Å². The van der Waals surface area contributed by atoms with Crippen molar-refractivity contribution in [3.8, 4) is 33.6 Å². The van der Waals surface area contributed by atoms with Crippen molar-refractivity contribution in [1.29, 1.82) is 0 Å². The summed E-state index contributed by atoms with van der Waals surface area (Å²) in [5.74, 6) is -1.61. The van der Waals surface area contributed by atoms with Gasteiger partial charge in [0.15, 0.2) is 11.6 Å². The maximum absolute atomic E-state index is 15.3. The number of halogens is 1. The minimum atomic E-state index is -0.918. The molecule has 0 bridgehead atoms. The van der Waals surface area contributed by atoms with E-state index in [1.54, 1.807) is 24.5 Å². The molecule has 1 saturated carbocycles. The highest BCUT2D eigenvalue weighted by Crippen LogP contribution is 2.40. The number of carbonyl (C=O) groups excluding carboxylic acids is 2. The van der Waals surface area contributed by atoms with E-state index in [9.17, 15) is 19.5 Å². The average Bonchev–Trinajstić information content (AvgIpc) is 3.81. The Labute approximate surface area is 301 Å². The third-order valence-electron chi connectivity index (χ3n) is 9.86. The molecule has 2 fully saturated rings. The minimum Gasteiger partial charge on any atom is -0.481 e. The van der Waals surface area contributed by atoms with E-state index in [-0.39, 0.29) is 42.4 Å². The molecule has 1 aliphatic heterocycles. The molecule has 260 valence electrons. The fourth-order valence-electron chi connectivity index (χ4n) is 6.52. The molecule has 2 aromatic heterocycles. The Morgan fingerprint density at radius 3 is 2.10 bits per heavy atom. The van der Waals surface area contributed by atoms with Gasteiger partial charge in [-0.3, -0.25) is 14.4 Å². The molecule has 1 saturated heterocycles. The largest absolute Gasteiger partial charge is 0.481 e. The number of Topliss-reactive ketones (excluding diaryl/α,β-unsaturated/α-hetero) is 1. The summed E-state index contributed by atoms with van der Waals surface area (Å²) < 4.78 is 15.3. The number of carboxylic acids is 1. The molecule has 2 aliphatic rings. The van der Waals surface area contributed by atoms with Crippen LogP contribution in [-0.4, -0.2) is 50.7 Å². The molecule has 1 amide bonds. The van der Waals surface area contributed by atoms with E-state index in [2.05, 4.69) is 55.0 Å². The van der Waals surface area contributed by atoms with E-state index in [0.29, 0.717) is 34.2 Å². The predicted molar refractivity (Wildman–Crippen MR) is 197 cm³/mol. The van der Waals surface area contributed by atoms with E-state index in [0.717, 1.165) is 27.1 Å². The summed E-state index contributed by atoms with van der Waals surface area (Å²) in [4.78, 5) is 50.6. The Bertz CT molecular complexity index is 2070. The fourth-order valence-corrected chi connectivity index (χ4v) is 7.53. The van der Waals surface area contributed by atoms with Gasteiger partial charge in [0.2, 0.25) is 5.91 Å². The number of carbonyl (C=O) groups is 3. The quantitative estimate of drug-likeness (QED) is 0.138. The lowest BCUT2D eigenvalue weighted by Crippen LogP contribution is -2.55. The normalized spacial score (nSPS) is 15.3. The van der Waals surface area contributed by atoms with E-state index >= 15 is 4.39 Å². The molecular weight excluding hydrogens is 662 g/mol. The molecule has 0 radical (unpaired) electrons. The van der Waals surface area contributed by atoms with Crippen LogP contribution in [0, 0.1) is 17.7 Å². The van der Waals surface area contributed by atoms with Crippen molar-refractivity contribution in [3.05, 3.63) is 118 Å². The number of carboxylic acid groups (broad SMARTS) is 1. The van der Waals surface area contributed by atoms with Crippen LogP contribution in [0.25, 0.3) is 33.6 Å². The van der Waals surface area contributed by atoms with E-state index in [1.165, 1.54) is 34.6 Å². The highest BCUT2D eigenvalue weighted by atomic mass is 32.1. The molecule has 9 heteroatoms. The SMILES string of the molecule is CC(C)(C)c1ccc(C(=O)C[C@@H](Cc2ccc(-c3ncc(-c4ccc(-c5ccc(C6CC6)cc5)cc4F)cn3)cc2)C(=O)N2CC(C(=O)O)C2)s1. The summed E-state index contributed by atoms with van der Waals surface area (Å²) in [5, 5.41) is 9.33. The molecule has 7 nitrogen and oxygen atoms in total. The monoisotopic (exact) mass is 701 g/mol. The third kappa shape index (κ3) is 7.69. The highest BCUT2D eigenvalue weighted by molar-refractivity contribution is 7.14. The van der Waals surface area contributed by atoms with Gasteiger partial charge < -0.3 is 10.0 Å². The second kappa shape index (κ2) is 13.9. The highest BCUT2D eigenvalue weighted by Gasteiger charge is 2.39. The van der Waals surface area contributed by atoms with Gasteiger partial charge in [-0.25, -0.2) is 14.4 Å². The number of amides is 1. The van der Waals surface area contributed by atoms with Crippen LogP contribution in [0.1, 0.15) is 71.6 Å². The van der Waals surface area contributed by atoms with Crippen LogP contribution in [0.5, 0.6) is 0 Å². The lowest BCUT2D eigenvalue weighted by atomic mass is 9.89. The van der Waals surface area contributed by atoms with Crippen molar-refractivity contribution in [3.63, 3.8) is 0 Å². The van der Waals surface area contributed by atoms with Gasteiger partial charge in [0.25, 0.3) is 0 Å². The summed E-state index contributed by atoms with van der Waals surface area (Å²) >= 11 is 1.46. The number of likely N-dealkylation sites (tertiary alicyclic amines) is 1. The molecule has 3 heterocycles. The first-order valence-corrected chi connectivity index (χ1v) is 18.2. The van der Waals surface area contributed by atoms with Crippen molar-refractivity contribution >= 4 is 29.0 Å². The standard InChI is InChI=1S/C42H40FN3O4S/c1-42(2,3)38-17-16-37(51-38)36(47)20-31(40(48)46-23-33(24-46)41(49)50)18-25-4-6-29(7-5-25)39-44-21-32(22-45-39)34-15-14-30(19-35(34)43)28-12-10-27(11-13-28)26-8-9-26/h4-7,10-17,19,21-22,26,31,33H,8-9,18,20,23-24H2,1-3H3,(H,49,50)/t31-/m1/s1. The van der Waals surface area contributed by atoms with Crippen LogP contribution >= 0.6 is 11.3 Å². The van der Waals surface area contributed by atoms with Gasteiger partial charge in [0, 0.05) is 59.4 Å². The van der Waals surface area contributed by atoms with Crippen molar-refractivity contribution in [2.24, 2.45) is 11.8 Å². The lowest BCUT2D eigenvalue weighted by Gasteiger charge is -2.38. The number of hydrogen-bond donors (Lipinski definition) is 1. The molecule has 0 spiro atoms. The van der Waals surface area contributed by atoms with Gasteiger partial charge >= 0.3 is 5.97 Å². The van der Waals surface area contributed by atoms with Crippen LogP contribution in [0.4, 0.5) is 4.39 Å². The zero-order chi connectivity index (χ0) is 35.9. The Kier molecular flexibility index (Phi) is 9.42.